The molecule has 1 aliphatic rings. The van der Waals surface area contributed by atoms with Crippen LogP contribution in [0, 0.1) is 22.7 Å². The average molecular weight is 753 g/mol. The summed E-state index contributed by atoms with van der Waals surface area (Å²) in [4.78, 5) is 37.7. The number of ether oxygens (including phenoxy) is 8. The number of esters is 1. The van der Waals surface area contributed by atoms with Crippen molar-refractivity contribution in [3.63, 3.8) is 0 Å². The summed E-state index contributed by atoms with van der Waals surface area (Å²) in [6.45, 7) is 16.6. The first-order valence-corrected chi connectivity index (χ1v) is 17.8. The van der Waals surface area contributed by atoms with Gasteiger partial charge in [0.15, 0.2) is 0 Å². The van der Waals surface area contributed by atoms with E-state index in [0.717, 1.165) is 0 Å². The normalized spacial score (nSPS) is 18.6. The minimum Gasteiger partial charge on any atom is -0.463 e. The van der Waals surface area contributed by atoms with Crippen LogP contribution >= 0.6 is 0 Å². The summed E-state index contributed by atoms with van der Waals surface area (Å²) in [6.07, 6.45) is 2.05. The quantitative estimate of drug-likeness (QED) is 0.0229. The van der Waals surface area contributed by atoms with E-state index in [4.69, 9.17) is 43.2 Å². The van der Waals surface area contributed by atoms with Crippen LogP contribution in [0.5, 0.6) is 0 Å². The van der Waals surface area contributed by atoms with Crippen molar-refractivity contribution in [2.45, 2.75) is 62.7 Å². The SMILES string of the molecule is C=CCNC(=O)CCC(C)(C#N)NC1(CC(=O)OCCOCCOCCOCCOCCOCCOCCOC)NC1(C)CCC(=O)NCC(=C)C#N. The molecule has 0 bridgehead atoms. The lowest BCUT2D eigenvalue weighted by atomic mass is 9.89. The highest BCUT2D eigenvalue weighted by atomic mass is 16.6. The molecule has 0 aromatic carbocycles. The third-order valence-electron chi connectivity index (χ3n) is 8.10. The Morgan fingerprint density at radius 1 is 0.792 bits per heavy atom. The number of hydrogen-bond donors (Lipinski definition) is 4. The zero-order valence-electron chi connectivity index (χ0n) is 31.7. The Morgan fingerprint density at radius 2 is 1.28 bits per heavy atom. The summed E-state index contributed by atoms with van der Waals surface area (Å²) >= 11 is 0. The van der Waals surface area contributed by atoms with E-state index >= 15 is 0 Å². The van der Waals surface area contributed by atoms with Gasteiger partial charge in [0, 0.05) is 37.6 Å². The van der Waals surface area contributed by atoms with Crippen LogP contribution in [0.3, 0.4) is 0 Å². The summed E-state index contributed by atoms with van der Waals surface area (Å²) < 4.78 is 42.9. The largest absolute Gasteiger partial charge is 0.463 e. The second-order valence-corrected chi connectivity index (χ2v) is 12.6. The molecule has 3 unspecified atom stereocenters. The molecule has 4 N–H and O–H groups in total. The maximum absolute atomic E-state index is 13.0. The van der Waals surface area contributed by atoms with Gasteiger partial charge >= 0.3 is 5.97 Å². The van der Waals surface area contributed by atoms with Gasteiger partial charge in [-0.25, -0.2) is 0 Å². The number of nitrogens with one attached hydrogen (secondary N) is 4. The van der Waals surface area contributed by atoms with Crippen LogP contribution in [0.1, 0.15) is 46.0 Å². The van der Waals surface area contributed by atoms with Crippen LogP contribution in [0.2, 0.25) is 0 Å². The molecule has 1 saturated heterocycles. The maximum atomic E-state index is 13.0. The van der Waals surface area contributed by atoms with Gasteiger partial charge in [0.1, 0.15) is 12.1 Å². The van der Waals surface area contributed by atoms with Crippen LogP contribution in [-0.2, 0) is 52.3 Å². The van der Waals surface area contributed by atoms with Gasteiger partial charge in [-0.2, -0.15) is 10.5 Å². The van der Waals surface area contributed by atoms with Gasteiger partial charge in [0.2, 0.25) is 11.8 Å². The number of nitriles is 2. The first kappa shape index (κ1) is 47.5. The second-order valence-electron chi connectivity index (χ2n) is 12.6. The molecular weight excluding hydrogens is 692 g/mol. The third-order valence-corrected chi connectivity index (χ3v) is 8.10. The van der Waals surface area contributed by atoms with Crippen molar-refractivity contribution in [1.29, 1.82) is 10.5 Å². The molecule has 0 spiro atoms. The Bertz CT molecular complexity index is 1200. The highest BCUT2D eigenvalue weighted by Crippen LogP contribution is 2.44. The van der Waals surface area contributed by atoms with Gasteiger partial charge in [0.05, 0.1) is 117 Å². The molecule has 17 heteroatoms. The van der Waals surface area contributed by atoms with Crippen LogP contribution in [-0.4, -0.2) is 147 Å². The zero-order chi connectivity index (χ0) is 39.3. The molecule has 0 aliphatic carbocycles. The summed E-state index contributed by atoms with van der Waals surface area (Å²) in [6, 6.07) is 4.11. The fraction of sp³-hybridized carbons (Fsp3) is 0.750. The standard InChI is InChI=1S/C36H60N6O11/c1-6-11-39-31(43)7-9-34(3,29-38)41-36(35(4,42-36)10-8-32(44)40-28-30(2)27-37)26-33(45)53-25-24-52-23-22-51-21-20-50-19-18-49-17-16-48-15-14-47-13-12-46-5/h6,41-42H,1-2,7-26,28H2,3-5H3,(H,39,43)(H,40,44). The molecule has 1 rings (SSSR count). The van der Waals surface area contributed by atoms with Crippen molar-refractivity contribution in [2.24, 2.45) is 0 Å². The number of carbonyl (C=O) groups excluding carboxylic acids is 3. The predicted molar refractivity (Wildman–Crippen MR) is 193 cm³/mol. The Kier molecular flexibility index (Phi) is 25.1. The Balaban J connectivity index is 2.37. The van der Waals surface area contributed by atoms with E-state index < -0.39 is 22.7 Å². The molecule has 0 saturated carbocycles. The van der Waals surface area contributed by atoms with Gasteiger partial charge in [-0.3, -0.25) is 25.0 Å². The highest BCUT2D eigenvalue weighted by molar-refractivity contribution is 5.77. The van der Waals surface area contributed by atoms with E-state index in [2.05, 4.69) is 40.5 Å². The fourth-order valence-corrected chi connectivity index (χ4v) is 4.95. The molecule has 17 nitrogen and oxygen atoms in total. The van der Waals surface area contributed by atoms with Gasteiger partial charge in [-0.15, -0.1) is 6.58 Å². The molecular formula is C36H60N6O11. The molecule has 2 amide bonds. The van der Waals surface area contributed by atoms with Gasteiger partial charge in [0.25, 0.3) is 0 Å². The van der Waals surface area contributed by atoms with E-state index in [9.17, 15) is 19.6 Å². The fourth-order valence-electron chi connectivity index (χ4n) is 4.95. The highest BCUT2D eigenvalue weighted by Gasteiger charge is 2.66. The van der Waals surface area contributed by atoms with Crippen LogP contribution in [0.15, 0.2) is 24.8 Å². The summed E-state index contributed by atoms with van der Waals surface area (Å²) in [5.74, 6) is -1.06. The number of methoxy groups -OCH3 is 1. The minimum absolute atomic E-state index is 0.00607. The molecule has 1 fully saturated rings. The molecule has 0 radical (unpaired) electrons. The van der Waals surface area contributed by atoms with Crippen molar-refractivity contribution < 1.29 is 52.3 Å². The molecule has 1 aliphatic heterocycles. The molecule has 0 aromatic heterocycles. The van der Waals surface area contributed by atoms with E-state index in [1.54, 1.807) is 20.1 Å². The lowest BCUT2D eigenvalue weighted by Crippen LogP contribution is -2.54. The lowest BCUT2D eigenvalue weighted by molar-refractivity contribution is -0.146. The third kappa shape index (κ3) is 21.7. The number of amides is 2. The van der Waals surface area contributed by atoms with Gasteiger partial charge in [-0.1, -0.05) is 12.7 Å². The van der Waals surface area contributed by atoms with E-state index in [1.807, 2.05) is 13.0 Å². The smallest absolute Gasteiger partial charge is 0.309 e. The zero-order valence-corrected chi connectivity index (χ0v) is 31.7. The first-order valence-electron chi connectivity index (χ1n) is 17.8. The minimum atomic E-state index is -1.19. The van der Waals surface area contributed by atoms with Crippen molar-refractivity contribution in [3.8, 4) is 12.1 Å². The maximum Gasteiger partial charge on any atom is 0.309 e. The van der Waals surface area contributed by atoms with Crippen molar-refractivity contribution in [2.75, 3.05) is 113 Å². The Morgan fingerprint density at radius 3 is 1.75 bits per heavy atom. The summed E-state index contributed by atoms with van der Waals surface area (Å²) in [7, 11) is 1.63. The van der Waals surface area contributed by atoms with E-state index in [1.165, 1.54) is 0 Å². The number of carbonyl (C=O) groups is 3. The topological polar surface area (TPSA) is 231 Å². The van der Waals surface area contributed by atoms with Crippen molar-refractivity contribution in [1.82, 2.24) is 21.3 Å². The van der Waals surface area contributed by atoms with Crippen LogP contribution in [0.25, 0.3) is 0 Å². The number of nitrogens with zero attached hydrogens (tertiary/aromatic N) is 2. The molecule has 53 heavy (non-hydrogen) atoms. The molecule has 3 atom stereocenters. The molecule has 1 heterocycles. The van der Waals surface area contributed by atoms with E-state index in [-0.39, 0.29) is 62.8 Å². The predicted octanol–water partition coefficient (Wildman–Crippen LogP) is 0.654. The molecule has 0 aromatic rings. The molecule has 300 valence electrons. The summed E-state index contributed by atoms with van der Waals surface area (Å²) in [5.41, 5.74) is -2.82. The number of hydrogen-bond acceptors (Lipinski definition) is 15. The van der Waals surface area contributed by atoms with Crippen molar-refractivity contribution >= 4 is 17.8 Å². The van der Waals surface area contributed by atoms with Crippen LogP contribution < -0.4 is 21.3 Å². The number of rotatable bonds is 35. The van der Waals surface area contributed by atoms with Gasteiger partial charge < -0.3 is 48.5 Å². The lowest BCUT2D eigenvalue weighted by Gasteiger charge is -2.31. The average Bonchev–Trinajstić information content (AvgIpc) is 3.71. The summed E-state index contributed by atoms with van der Waals surface area (Å²) in [5, 5.41) is 30.9. The van der Waals surface area contributed by atoms with E-state index in [0.29, 0.717) is 92.2 Å². The van der Waals surface area contributed by atoms with Crippen molar-refractivity contribution in [3.05, 3.63) is 24.8 Å². The van der Waals surface area contributed by atoms with Gasteiger partial charge in [-0.05, 0) is 26.7 Å². The first-order chi connectivity index (χ1) is 25.5. The van der Waals surface area contributed by atoms with Crippen LogP contribution in [0.4, 0.5) is 0 Å². The second kappa shape index (κ2) is 28.0. The monoisotopic (exact) mass is 752 g/mol. The Labute approximate surface area is 314 Å². The Hall–Kier alpha value is -3.49.